The Morgan fingerprint density at radius 1 is 1.53 bits per heavy atom. The number of aliphatic hydroxyl groups is 1. The third-order valence-corrected chi connectivity index (χ3v) is 4.84. The van der Waals surface area contributed by atoms with Crippen LogP contribution in [-0.4, -0.2) is 37.2 Å². The number of sulfonamides is 1. The van der Waals surface area contributed by atoms with Gasteiger partial charge >= 0.3 is 5.97 Å². The van der Waals surface area contributed by atoms with Crippen LogP contribution in [0.4, 0.5) is 0 Å². The molecule has 0 saturated carbocycles. The van der Waals surface area contributed by atoms with E-state index in [0.717, 1.165) is 17.4 Å². The molecule has 1 aromatic rings. The van der Waals surface area contributed by atoms with Gasteiger partial charge in [-0.15, -0.1) is 11.3 Å². The number of rotatable bonds is 5. The maximum absolute atomic E-state index is 11.6. The van der Waals surface area contributed by atoms with Crippen molar-refractivity contribution in [2.45, 2.75) is 11.0 Å². The van der Waals surface area contributed by atoms with Crippen LogP contribution in [0.1, 0.15) is 0 Å². The lowest BCUT2D eigenvalue weighted by molar-refractivity contribution is -0.146. The maximum Gasteiger partial charge on any atom is 0.333 e. The van der Waals surface area contributed by atoms with E-state index in [1.54, 1.807) is 0 Å². The standard InChI is InChI=1S/C7H7Cl2NO5S2/c8-5-1-4(6(9)16-5)17(14,15)10-2-3(11)7(12)13/h1,3,10-11H,2H2,(H,12,13). The van der Waals surface area contributed by atoms with E-state index in [2.05, 4.69) is 0 Å². The average Bonchev–Trinajstić information content (AvgIpc) is 2.55. The van der Waals surface area contributed by atoms with Crippen LogP contribution in [0.15, 0.2) is 11.0 Å². The summed E-state index contributed by atoms with van der Waals surface area (Å²) in [6.07, 6.45) is -1.82. The Balaban J connectivity index is 2.83. The molecule has 0 radical (unpaired) electrons. The minimum absolute atomic E-state index is 0.0349. The third kappa shape index (κ3) is 3.80. The lowest BCUT2D eigenvalue weighted by Crippen LogP contribution is -2.36. The molecule has 6 nitrogen and oxygen atoms in total. The molecule has 1 unspecified atom stereocenters. The van der Waals surface area contributed by atoms with Crippen molar-refractivity contribution in [2.24, 2.45) is 0 Å². The fourth-order valence-electron chi connectivity index (χ4n) is 0.862. The van der Waals surface area contributed by atoms with E-state index in [9.17, 15) is 13.2 Å². The van der Waals surface area contributed by atoms with Crippen LogP contribution in [0.25, 0.3) is 0 Å². The zero-order chi connectivity index (χ0) is 13.2. The van der Waals surface area contributed by atoms with Crippen molar-refractivity contribution in [1.82, 2.24) is 4.72 Å². The van der Waals surface area contributed by atoms with Crippen molar-refractivity contribution < 1.29 is 23.4 Å². The number of carboxylic acids is 1. The normalized spacial score (nSPS) is 13.6. The number of thiophene rings is 1. The Labute approximate surface area is 111 Å². The zero-order valence-corrected chi connectivity index (χ0v) is 11.2. The van der Waals surface area contributed by atoms with Crippen LogP contribution in [0.5, 0.6) is 0 Å². The quantitative estimate of drug-likeness (QED) is 0.744. The number of aliphatic hydroxyl groups excluding tert-OH is 1. The van der Waals surface area contributed by atoms with Gasteiger partial charge < -0.3 is 10.2 Å². The highest BCUT2D eigenvalue weighted by molar-refractivity contribution is 7.89. The zero-order valence-electron chi connectivity index (χ0n) is 8.05. The molecule has 3 N–H and O–H groups in total. The van der Waals surface area contributed by atoms with E-state index in [0.29, 0.717) is 0 Å². The van der Waals surface area contributed by atoms with Crippen LogP contribution in [0.2, 0.25) is 8.67 Å². The second kappa shape index (κ2) is 5.51. The summed E-state index contributed by atoms with van der Waals surface area (Å²) < 4.78 is 25.4. The first-order valence-electron chi connectivity index (χ1n) is 4.09. The number of aliphatic carboxylic acids is 1. The van der Waals surface area contributed by atoms with E-state index in [1.807, 2.05) is 4.72 Å². The van der Waals surface area contributed by atoms with Gasteiger partial charge in [0.15, 0.2) is 6.10 Å². The van der Waals surface area contributed by atoms with E-state index in [-0.39, 0.29) is 13.6 Å². The van der Waals surface area contributed by atoms with Gasteiger partial charge in [0.05, 0.1) is 4.34 Å². The van der Waals surface area contributed by atoms with Crippen molar-refractivity contribution >= 4 is 50.5 Å². The van der Waals surface area contributed by atoms with Crippen molar-refractivity contribution in [3.63, 3.8) is 0 Å². The molecule has 0 aliphatic carbocycles. The summed E-state index contributed by atoms with van der Waals surface area (Å²) in [6.45, 7) is -0.651. The Bertz CT molecular complexity index is 526. The number of carboxylic acid groups (broad SMARTS) is 1. The van der Waals surface area contributed by atoms with Crippen LogP contribution in [0.3, 0.4) is 0 Å². The minimum atomic E-state index is -3.98. The molecule has 0 fully saturated rings. The molecule has 0 amide bonds. The molecule has 17 heavy (non-hydrogen) atoms. The molecule has 1 atom stereocenters. The number of carbonyl (C=O) groups is 1. The monoisotopic (exact) mass is 319 g/mol. The smallest absolute Gasteiger partial charge is 0.333 e. The minimum Gasteiger partial charge on any atom is -0.479 e. The lowest BCUT2D eigenvalue weighted by atomic mass is 10.4. The molecule has 1 heterocycles. The van der Waals surface area contributed by atoms with Crippen molar-refractivity contribution in [2.75, 3.05) is 6.54 Å². The second-order valence-corrected chi connectivity index (χ2v) is 6.92. The predicted molar refractivity (Wildman–Crippen MR) is 63.2 cm³/mol. The topological polar surface area (TPSA) is 104 Å². The molecule has 1 rings (SSSR count). The third-order valence-electron chi connectivity index (χ3n) is 1.67. The molecular weight excluding hydrogens is 313 g/mol. The Morgan fingerprint density at radius 3 is 2.53 bits per heavy atom. The van der Waals surface area contributed by atoms with Crippen LogP contribution < -0.4 is 4.72 Å². The van der Waals surface area contributed by atoms with E-state index < -0.39 is 28.6 Å². The van der Waals surface area contributed by atoms with Crippen LogP contribution >= 0.6 is 34.5 Å². The molecule has 10 heteroatoms. The number of nitrogens with one attached hydrogen (secondary N) is 1. The lowest BCUT2D eigenvalue weighted by Gasteiger charge is -2.07. The van der Waals surface area contributed by atoms with Gasteiger partial charge in [-0.2, -0.15) is 0 Å². The van der Waals surface area contributed by atoms with E-state index in [1.165, 1.54) is 0 Å². The Morgan fingerprint density at radius 2 is 2.12 bits per heavy atom. The molecular formula is C7H7Cl2NO5S2. The predicted octanol–water partition coefficient (Wildman–Crippen LogP) is 0.779. The summed E-state index contributed by atoms with van der Waals surface area (Å²) in [4.78, 5) is 10.1. The number of hydrogen-bond donors (Lipinski definition) is 3. The van der Waals surface area contributed by atoms with Gasteiger partial charge in [0.2, 0.25) is 10.0 Å². The Hall–Kier alpha value is -0.380. The van der Waals surface area contributed by atoms with Gasteiger partial charge in [0, 0.05) is 6.54 Å². The summed E-state index contributed by atoms with van der Waals surface area (Å²) in [5.74, 6) is -1.53. The first-order chi connectivity index (χ1) is 7.74. The number of halogens is 2. The Kier molecular flexibility index (Phi) is 4.76. The van der Waals surface area contributed by atoms with E-state index in [4.69, 9.17) is 33.4 Å². The van der Waals surface area contributed by atoms with Gasteiger partial charge in [0.25, 0.3) is 0 Å². The molecule has 0 saturated heterocycles. The van der Waals surface area contributed by atoms with Crippen molar-refractivity contribution in [3.8, 4) is 0 Å². The maximum atomic E-state index is 11.6. The van der Waals surface area contributed by atoms with Gasteiger partial charge in [-0.3, -0.25) is 0 Å². The fraction of sp³-hybridized carbons (Fsp3) is 0.286. The molecule has 0 aromatic carbocycles. The molecule has 0 aliphatic heterocycles. The molecule has 0 aliphatic rings. The summed E-state index contributed by atoms with van der Waals surface area (Å²) >= 11 is 12.1. The van der Waals surface area contributed by atoms with Crippen molar-refractivity contribution in [1.29, 1.82) is 0 Å². The van der Waals surface area contributed by atoms with Gasteiger partial charge in [0.1, 0.15) is 9.23 Å². The molecule has 0 bridgehead atoms. The summed E-state index contributed by atoms with van der Waals surface area (Å²) in [5, 5.41) is 17.3. The first-order valence-corrected chi connectivity index (χ1v) is 7.15. The fourth-order valence-corrected chi connectivity index (χ4v) is 4.05. The summed E-state index contributed by atoms with van der Waals surface area (Å²) in [7, 11) is -3.98. The van der Waals surface area contributed by atoms with E-state index >= 15 is 0 Å². The van der Waals surface area contributed by atoms with Gasteiger partial charge in [-0.25, -0.2) is 17.9 Å². The van der Waals surface area contributed by atoms with Gasteiger partial charge in [-0.1, -0.05) is 23.2 Å². The summed E-state index contributed by atoms with van der Waals surface area (Å²) in [5.41, 5.74) is 0. The van der Waals surface area contributed by atoms with Crippen LogP contribution in [-0.2, 0) is 14.8 Å². The van der Waals surface area contributed by atoms with Crippen molar-refractivity contribution in [3.05, 3.63) is 14.7 Å². The molecule has 0 spiro atoms. The highest BCUT2D eigenvalue weighted by Gasteiger charge is 2.23. The van der Waals surface area contributed by atoms with Crippen LogP contribution in [0, 0.1) is 0 Å². The highest BCUT2D eigenvalue weighted by Crippen LogP contribution is 2.33. The molecule has 96 valence electrons. The average molecular weight is 320 g/mol. The second-order valence-electron chi connectivity index (χ2n) is 2.89. The SMILES string of the molecule is O=C(O)C(O)CNS(=O)(=O)c1cc(Cl)sc1Cl. The summed E-state index contributed by atoms with van der Waals surface area (Å²) in [6, 6.07) is 1.14. The number of hydrogen-bond acceptors (Lipinski definition) is 5. The highest BCUT2D eigenvalue weighted by atomic mass is 35.5. The first kappa shape index (κ1) is 14.7. The molecule has 1 aromatic heterocycles. The largest absolute Gasteiger partial charge is 0.479 e. The van der Waals surface area contributed by atoms with Gasteiger partial charge in [-0.05, 0) is 6.07 Å².